The lowest BCUT2D eigenvalue weighted by Crippen LogP contribution is -2.57. The average molecular weight is 1560 g/mol. The molecule has 12 rings (SSSR count). The predicted octanol–water partition coefficient (Wildman–Crippen LogP) is 14.4. The van der Waals surface area contributed by atoms with E-state index in [4.69, 9.17) is 89.4 Å². The van der Waals surface area contributed by atoms with E-state index in [1.54, 1.807) is 31.2 Å². The molecule has 0 bridgehead atoms. The number of ketones is 1. The van der Waals surface area contributed by atoms with Gasteiger partial charge in [-0.2, -0.15) is 8.42 Å². The Morgan fingerprint density at radius 3 is 1.43 bits per heavy atom. The molecule has 0 spiro atoms. The zero-order valence-electron chi connectivity index (χ0n) is 65.0. The number of carbonyl (C=O) groups is 2. The Morgan fingerprint density at radius 1 is 0.427 bits per heavy atom. The first kappa shape index (κ1) is 83.3. The smallest absolute Gasteiger partial charge is 0.306 e. The van der Waals surface area contributed by atoms with Crippen molar-refractivity contribution in [3.63, 3.8) is 0 Å². The highest BCUT2D eigenvalue weighted by molar-refractivity contribution is 7.85. The van der Waals surface area contributed by atoms with Crippen LogP contribution in [0.2, 0.25) is 25.7 Å². The fraction of sp³-hybridized carbons (Fsp3) is 0.576. The highest BCUT2D eigenvalue weighted by Gasteiger charge is 2.50. The van der Waals surface area contributed by atoms with E-state index in [1.807, 2.05) is 138 Å². The molecule has 0 saturated carbocycles. The minimum Gasteiger partial charge on any atom is -0.468 e. The maximum absolute atomic E-state index is 14.1. The number of carbonyl (C=O) groups excluding carboxylic acids is 2. The lowest BCUT2D eigenvalue weighted by molar-refractivity contribution is -0.345. The van der Waals surface area contributed by atoms with E-state index in [0.717, 1.165) is 33.5 Å². The van der Waals surface area contributed by atoms with Gasteiger partial charge in [-0.05, 0) is 131 Å². The van der Waals surface area contributed by atoms with Crippen molar-refractivity contribution in [2.45, 2.75) is 299 Å². The second kappa shape index (κ2) is 39.7. The van der Waals surface area contributed by atoms with Gasteiger partial charge in [-0.3, -0.25) is 8.98 Å². The summed E-state index contributed by atoms with van der Waals surface area (Å²) in [7, 11) is -5.43. The molecule has 6 aromatic carbocycles. The van der Waals surface area contributed by atoms with Crippen LogP contribution in [-0.4, -0.2) is 177 Å². The van der Waals surface area contributed by atoms with Crippen molar-refractivity contribution in [1.82, 2.24) is 0 Å². The summed E-state index contributed by atoms with van der Waals surface area (Å²) in [5, 5.41) is 2.23. The molecular weight excluding hydrogens is 1450 g/mol. The van der Waals surface area contributed by atoms with E-state index in [-0.39, 0.29) is 37.6 Å². The highest BCUT2D eigenvalue weighted by Crippen LogP contribution is 2.40. The van der Waals surface area contributed by atoms with Crippen molar-refractivity contribution in [3.05, 3.63) is 180 Å². The van der Waals surface area contributed by atoms with Gasteiger partial charge in [0.2, 0.25) is 6.29 Å². The largest absolute Gasteiger partial charge is 0.468 e. The number of ether oxygens (including phenoxy) is 18. The Kier molecular flexibility index (Phi) is 30.1. The maximum atomic E-state index is 14.1. The summed E-state index contributed by atoms with van der Waals surface area (Å²) in [5.41, 5.74) is 3.52. The van der Waals surface area contributed by atoms with Crippen LogP contribution in [0.1, 0.15) is 135 Å². The van der Waals surface area contributed by atoms with Crippen LogP contribution in [0.5, 0.6) is 11.5 Å². The molecule has 25 heteroatoms. The molecule has 0 N–H and O–H groups in total. The van der Waals surface area contributed by atoms with Gasteiger partial charge in [-0.15, -0.1) is 0 Å². The molecule has 110 heavy (non-hydrogen) atoms. The summed E-state index contributed by atoms with van der Waals surface area (Å²) in [6.45, 7) is 21.4. The molecule has 0 unspecified atom stereocenters. The van der Waals surface area contributed by atoms with Crippen molar-refractivity contribution in [1.29, 1.82) is 0 Å². The summed E-state index contributed by atoms with van der Waals surface area (Å²) < 4.78 is 153. The molecule has 0 aliphatic carbocycles. The van der Waals surface area contributed by atoms with Gasteiger partial charge in [-0.25, -0.2) is 0 Å². The van der Waals surface area contributed by atoms with E-state index in [9.17, 15) is 18.0 Å². The molecule has 6 aliphatic heterocycles. The lowest BCUT2D eigenvalue weighted by atomic mass is 9.99. The quantitative estimate of drug-likeness (QED) is 0.0118. The zero-order valence-corrected chi connectivity index (χ0v) is 66.8. The summed E-state index contributed by atoms with van der Waals surface area (Å²) in [5.74, 6) is 0.368. The van der Waals surface area contributed by atoms with Crippen LogP contribution >= 0.6 is 0 Å². The first-order valence-electron chi connectivity index (χ1n) is 39.2. The molecule has 0 amide bonds. The molecule has 0 aromatic heterocycles. The standard InChI is InChI=1S/C85H112O23SSi/c1-54(86)30-39-75(87)102-69-37-41-77(96-55(69)2)105-82-57(4)99-80(47-73(82)93-51-64-31-32-65-28-20-21-29-66(65)44-64)106-84-59(6)98-79(46-72(84)92-50-62-24-16-12-17-25-62)103-70-38-40-76(95-56(70)3)104-74-48-81(100-60(7)85(74)108-109(88,89)52-63-26-18-13-19-27-63)107-83-58(5)97-78(45-71(83)91-49-61-22-14-11-15-23-61)101-68-35-33-67(34-36-68)94-53-90-42-43-110(8,9)10/h11-29,31-36,44,55-60,69-74,76-85H,30,37-43,45-53H2,1-10H3/t55-,56-,57+,58+,59+,60+,69-,70-,71+,72+,73+,74+,76-,77-,78-,79+,80-,81-,82+,83+,84+,85+/m0/s1. The molecule has 6 saturated heterocycles. The van der Waals surface area contributed by atoms with Crippen molar-refractivity contribution >= 4 is 40.7 Å². The van der Waals surface area contributed by atoms with Crippen molar-refractivity contribution in [3.8, 4) is 11.5 Å². The highest BCUT2D eigenvalue weighted by atomic mass is 32.2. The van der Waals surface area contributed by atoms with Crippen molar-refractivity contribution < 1.29 is 107 Å². The number of hydrogen-bond donors (Lipinski definition) is 0. The van der Waals surface area contributed by atoms with Gasteiger partial charge in [0, 0.05) is 59.6 Å². The third-order valence-electron chi connectivity index (χ3n) is 20.9. The van der Waals surface area contributed by atoms with E-state index in [1.165, 1.54) is 6.92 Å². The molecule has 23 nitrogen and oxygen atoms in total. The first-order chi connectivity index (χ1) is 53.0. The van der Waals surface area contributed by atoms with E-state index in [0.29, 0.717) is 88.4 Å². The van der Waals surface area contributed by atoms with E-state index >= 15 is 0 Å². The Hall–Kier alpha value is -6.15. The fourth-order valence-electron chi connectivity index (χ4n) is 14.9. The Morgan fingerprint density at radius 2 is 0.873 bits per heavy atom. The monoisotopic (exact) mass is 1560 g/mol. The Labute approximate surface area is 649 Å². The molecule has 22 atom stereocenters. The number of benzene rings is 6. The molecule has 6 fully saturated rings. The van der Waals surface area contributed by atoms with Crippen molar-refractivity contribution in [2.75, 3.05) is 13.4 Å². The van der Waals surface area contributed by atoms with Crippen LogP contribution in [0.25, 0.3) is 10.8 Å². The van der Waals surface area contributed by atoms with Gasteiger partial charge < -0.3 is 90.1 Å². The van der Waals surface area contributed by atoms with Gasteiger partial charge in [0.05, 0.1) is 93.4 Å². The number of esters is 1. The first-order valence-corrected chi connectivity index (χ1v) is 44.5. The van der Waals surface area contributed by atoms with E-state index in [2.05, 4.69) is 50.0 Å². The Balaban J connectivity index is 0.700. The minimum atomic E-state index is -4.20. The van der Waals surface area contributed by atoms with Crippen LogP contribution in [-0.2, 0) is 125 Å². The third-order valence-corrected chi connectivity index (χ3v) is 23.8. The van der Waals surface area contributed by atoms with Gasteiger partial charge in [0.15, 0.2) is 38.2 Å². The minimum absolute atomic E-state index is 0.0184. The average Bonchev–Trinajstić information content (AvgIpc) is 0.784. The molecule has 6 aromatic rings. The predicted molar refractivity (Wildman–Crippen MR) is 410 cm³/mol. The summed E-state index contributed by atoms with van der Waals surface area (Å²) in [6, 6.07) is 51.6. The molecular formula is C85H112O23SSi. The van der Waals surface area contributed by atoms with Crippen LogP contribution in [0.4, 0.5) is 0 Å². The van der Waals surface area contributed by atoms with Crippen LogP contribution in [0.15, 0.2) is 158 Å². The van der Waals surface area contributed by atoms with Crippen molar-refractivity contribution in [2.24, 2.45) is 0 Å². The van der Waals surface area contributed by atoms with Gasteiger partial charge >= 0.3 is 5.97 Å². The summed E-state index contributed by atoms with van der Waals surface area (Å²) in [4.78, 5) is 24.2. The fourth-order valence-corrected chi connectivity index (χ4v) is 16.9. The number of Topliss-reactive ketones (excluding diaryl/α,β-unsaturated/α-hetero) is 1. The number of rotatable bonds is 35. The van der Waals surface area contributed by atoms with E-state index < -0.39 is 160 Å². The van der Waals surface area contributed by atoms with Crippen LogP contribution in [0.3, 0.4) is 0 Å². The van der Waals surface area contributed by atoms with Gasteiger partial charge in [0.25, 0.3) is 10.1 Å². The Bertz CT molecular complexity index is 3920. The lowest BCUT2D eigenvalue weighted by Gasteiger charge is -2.47. The topological polar surface area (TPSA) is 244 Å². The second-order valence-electron chi connectivity index (χ2n) is 31.1. The molecule has 6 aliphatic rings. The molecule has 6 heterocycles. The third kappa shape index (κ3) is 24.7. The summed E-state index contributed by atoms with van der Waals surface area (Å²) >= 11 is 0. The summed E-state index contributed by atoms with van der Waals surface area (Å²) in [6.07, 6.45) is -11.5. The maximum Gasteiger partial charge on any atom is 0.306 e. The normalized spacial score (nSPS) is 31.7. The molecule has 0 radical (unpaired) electrons. The van der Waals surface area contributed by atoms with Crippen LogP contribution < -0.4 is 9.47 Å². The number of hydrogen-bond acceptors (Lipinski definition) is 23. The number of fused-ring (bicyclic) bond motifs is 1. The zero-order chi connectivity index (χ0) is 77.3. The van der Waals surface area contributed by atoms with Gasteiger partial charge in [0.1, 0.15) is 53.6 Å². The molecule has 600 valence electrons. The SMILES string of the molecule is CC(=O)CCC(=O)O[C@H]1CC[C@H](O[C@@H]2[C@@H](C)O[C@@H](O[C@@H]3[C@@H](C)O[C@H](O[C@H]4CC[C@H](O[C@@H]5C[C@H](O[C@@H]6[C@@H](C)O[C@@H](Oc7ccc(OCOCC[Si](C)(C)C)cc7)C[C@H]6OCc6ccccc6)O[C@H](C)[C@H]5OS(=O)(=O)Cc5ccccc5)O[C@H]4C)C[C@H]3OCc3ccccc3)C[C@H]2OCc2ccc3ccccc3c2)O[C@H]1C. The second-order valence-corrected chi connectivity index (χ2v) is 38.3. The van der Waals surface area contributed by atoms with Gasteiger partial charge in [-0.1, -0.05) is 147 Å². The van der Waals surface area contributed by atoms with Crippen LogP contribution in [0, 0.1) is 0 Å².